The lowest BCUT2D eigenvalue weighted by Crippen LogP contribution is -2.26. The van der Waals surface area contributed by atoms with E-state index in [2.05, 4.69) is 13.0 Å². The molecule has 0 heterocycles. The van der Waals surface area contributed by atoms with E-state index in [0.717, 1.165) is 12.0 Å². The average Bonchev–Trinajstić information content (AvgIpc) is 2.33. The summed E-state index contributed by atoms with van der Waals surface area (Å²) in [5.74, 6) is 0.202. The van der Waals surface area contributed by atoms with Crippen molar-refractivity contribution in [2.45, 2.75) is 20.3 Å². The van der Waals surface area contributed by atoms with E-state index < -0.39 is 0 Å². The molecular formula is C15H16O. The fraction of sp³-hybridized carbons (Fsp3) is 0.267. The summed E-state index contributed by atoms with van der Waals surface area (Å²) in [7, 11) is 0. The molecule has 0 unspecified atom stereocenters. The van der Waals surface area contributed by atoms with Crippen LogP contribution in [0.25, 0.3) is 0 Å². The van der Waals surface area contributed by atoms with Crippen molar-refractivity contribution < 1.29 is 4.79 Å². The minimum atomic E-state index is -0.374. The molecule has 0 saturated heterocycles. The molecule has 1 heteroatoms. The van der Waals surface area contributed by atoms with Crippen molar-refractivity contribution in [2.24, 2.45) is 5.41 Å². The van der Waals surface area contributed by atoms with Crippen LogP contribution in [0.1, 0.15) is 30.6 Å². The first-order valence-electron chi connectivity index (χ1n) is 5.58. The summed E-state index contributed by atoms with van der Waals surface area (Å²) in [5, 5.41) is 0. The summed E-state index contributed by atoms with van der Waals surface area (Å²) in [6, 6.07) is 9.51. The van der Waals surface area contributed by atoms with Crippen LogP contribution in [0.4, 0.5) is 0 Å². The highest BCUT2D eigenvalue weighted by Crippen LogP contribution is 2.32. The number of hydrogen-bond donors (Lipinski definition) is 0. The van der Waals surface area contributed by atoms with E-state index in [-0.39, 0.29) is 11.2 Å². The lowest BCUT2D eigenvalue weighted by molar-refractivity contribution is 0.0870. The average molecular weight is 212 g/mol. The molecule has 0 radical (unpaired) electrons. The van der Waals surface area contributed by atoms with Gasteiger partial charge >= 0.3 is 0 Å². The first kappa shape index (κ1) is 10.9. The van der Waals surface area contributed by atoms with Gasteiger partial charge in [-0.2, -0.15) is 0 Å². The van der Waals surface area contributed by atoms with Crippen LogP contribution in [0.2, 0.25) is 0 Å². The molecule has 0 amide bonds. The van der Waals surface area contributed by atoms with Gasteiger partial charge in [-0.3, -0.25) is 4.79 Å². The van der Waals surface area contributed by atoms with Crippen molar-refractivity contribution in [3.63, 3.8) is 0 Å². The molecular weight excluding hydrogens is 196 g/mol. The Morgan fingerprint density at radius 2 is 1.94 bits per heavy atom. The highest BCUT2D eigenvalue weighted by Gasteiger charge is 2.31. The van der Waals surface area contributed by atoms with Crippen molar-refractivity contribution in [1.29, 1.82) is 0 Å². The normalized spacial score (nSPS) is 24.0. The number of carbonyl (C=O) groups excluding carboxylic acids is 1. The molecule has 0 N–H and O–H groups in total. The zero-order valence-electron chi connectivity index (χ0n) is 9.73. The zero-order valence-corrected chi connectivity index (χ0v) is 9.73. The first-order chi connectivity index (χ1) is 7.62. The Labute approximate surface area is 96.5 Å². The summed E-state index contributed by atoms with van der Waals surface area (Å²) >= 11 is 0. The summed E-state index contributed by atoms with van der Waals surface area (Å²) in [5.41, 5.74) is 1.65. The third-order valence-electron chi connectivity index (χ3n) is 3.12. The molecule has 1 aliphatic carbocycles. The SMILES string of the molecule is CC1=CC[C@@](C)(C(=O)c2ccccc2)C=C1. The van der Waals surface area contributed by atoms with Crippen LogP contribution in [0.15, 0.2) is 54.1 Å². The molecule has 0 bridgehead atoms. The van der Waals surface area contributed by atoms with Crippen LogP contribution in [0.5, 0.6) is 0 Å². The van der Waals surface area contributed by atoms with Gasteiger partial charge in [0.15, 0.2) is 5.78 Å². The van der Waals surface area contributed by atoms with Crippen LogP contribution in [0, 0.1) is 5.41 Å². The molecule has 1 aromatic rings. The van der Waals surface area contributed by atoms with Gasteiger partial charge in [-0.25, -0.2) is 0 Å². The second-order valence-corrected chi connectivity index (χ2v) is 4.60. The van der Waals surface area contributed by atoms with Crippen molar-refractivity contribution in [3.8, 4) is 0 Å². The molecule has 0 spiro atoms. The van der Waals surface area contributed by atoms with Crippen LogP contribution in [-0.2, 0) is 0 Å². The minimum absolute atomic E-state index is 0.202. The molecule has 1 aliphatic rings. The van der Waals surface area contributed by atoms with E-state index in [0.29, 0.717) is 0 Å². The number of hydrogen-bond acceptors (Lipinski definition) is 1. The fourth-order valence-electron chi connectivity index (χ4n) is 1.91. The number of rotatable bonds is 2. The van der Waals surface area contributed by atoms with Gasteiger partial charge < -0.3 is 0 Å². The molecule has 0 aromatic heterocycles. The van der Waals surface area contributed by atoms with Gasteiger partial charge in [0.1, 0.15) is 0 Å². The van der Waals surface area contributed by atoms with Gasteiger partial charge in [0.05, 0.1) is 5.41 Å². The summed E-state index contributed by atoms with van der Waals surface area (Å²) in [6.07, 6.45) is 6.98. The topological polar surface area (TPSA) is 17.1 Å². The first-order valence-corrected chi connectivity index (χ1v) is 5.58. The maximum Gasteiger partial charge on any atom is 0.172 e. The molecule has 1 aromatic carbocycles. The third kappa shape index (κ3) is 1.99. The number of benzene rings is 1. The van der Waals surface area contributed by atoms with Crippen molar-refractivity contribution in [3.05, 3.63) is 59.7 Å². The van der Waals surface area contributed by atoms with Crippen LogP contribution in [0.3, 0.4) is 0 Å². The van der Waals surface area contributed by atoms with Crippen molar-refractivity contribution in [1.82, 2.24) is 0 Å². The number of Topliss-reactive ketones (excluding diaryl/α,β-unsaturated/α-hetero) is 1. The Kier molecular flexibility index (Phi) is 2.78. The largest absolute Gasteiger partial charge is 0.293 e. The maximum absolute atomic E-state index is 12.3. The van der Waals surface area contributed by atoms with Crippen molar-refractivity contribution >= 4 is 5.78 Å². The smallest absolute Gasteiger partial charge is 0.172 e. The Hall–Kier alpha value is -1.63. The molecule has 0 saturated carbocycles. The lowest BCUT2D eigenvalue weighted by atomic mass is 9.76. The Balaban J connectivity index is 2.27. The van der Waals surface area contributed by atoms with E-state index in [1.165, 1.54) is 5.57 Å². The molecule has 1 atom stereocenters. The molecule has 0 aliphatic heterocycles. The lowest BCUT2D eigenvalue weighted by Gasteiger charge is -2.26. The van der Waals surface area contributed by atoms with E-state index in [9.17, 15) is 4.79 Å². The predicted molar refractivity (Wildman–Crippen MR) is 66.4 cm³/mol. The van der Waals surface area contributed by atoms with E-state index in [4.69, 9.17) is 0 Å². The van der Waals surface area contributed by atoms with Crippen LogP contribution in [-0.4, -0.2) is 5.78 Å². The highest BCUT2D eigenvalue weighted by molar-refractivity contribution is 6.01. The second kappa shape index (κ2) is 4.09. The third-order valence-corrected chi connectivity index (χ3v) is 3.12. The Bertz CT molecular complexity index is 454. The van der Waals surface area contributed by atoms with Gasteiger partial charge in [-0.05, 0) is 20.3 Å². The van der Waals surface area contributed by atoms with Gasteiger partial charge in [0, 0.05) is 5.56 Å². The Morgan fingerprint density at radius 3 is 2.50 bits per heavy atom. The number of allylic oxidation sites excluding steroid dienone is 4. The zero-order chi connectivity index (χ0) is 11.6. The van der Waals surface area contributed by atoms with Gasteiger partial charge in [0.25, 0.3) is 0 Å². The fourth-order valence-corrected chi connectivity index (χ4v) is 1.91. The molecule has 2 rings (SSSR count). The van der Waals surface area contributed by atoms with Gasteiger partial charge in [-0.15, -0.1) is 0 Å². The number of carbonyl (C=O) groups is 1. The van der Waals surface area contributed by atoms with E-state index in [1.807, 2.05) is 49.4 Å². The van der Waals surface area contributed by atoms with Gasteiger partial charge in [0.2, 0.25) is 0 Å². The standard InChI is InChI=1S/C15H16O/c1-12-8-10-15(2,11-9-12)14(16)13-6-4-3-5-7-13/h3-10H,11H2,1-2H3/t15-/m0/s1. The maximum atomic E-state index is 12.3. The second-order valence-electron chi connectivity index (χ2n) is 4.60. The quantitative estimate of drug-likeness (QED) is 0.682. The van der Waals surface area contributed by atoms with E-state index >= 15 is 0 Å². The monoisotopic (exact) mass is 212 g/mol. The van der Waals surface area contributed by atoms with Crippen molar-refractivity contribution in [2.75, 3.05) is 0 Å². The predicted octanol–water partition coefficient (Wildman–Crippen LogP) is 3.78. The molecule has 0 fully saturated rings. The Morgan fingerprint density at radius 1 is 1.25 bits per heavy atom. The number of ketones is 1. The summed E-state index contributed by atoms with van der Waals surface area (Å²) in [4.78, 5) is 12.3. The molecule has 16 heavy (non-hydrogen) atoms. The summed E-state index contributed by atoms with van der Waals surface area (Å²) in [6.45, 7) is 4.06. The summed E-state index contributed by atoms with van der Waals surface area (Å²) < 4.78 is 0. The van der Waals surface area contributed by atoms with E-state index in [1.54, 1.807) is 0 Å². The molecule has 1 nitrogen and oxygen atoms in total. The van der Waals surface area contributed by atoms with Gasteiger partial charge in [-0.1, -0.05) is 54.1 Å². The van der Waals surface area contributed by atoms with Crippen LogP contribution >= 0.6 is 0 Å². The highest BCUT2D eigenvalue weighted by atomic mass is 16.1. The molecule has 82 valence electrons. The minimum Gasteiger partial charge on any atom is -0.293 e. The van der Waals surface area contributed by atoms with Crippen LogP contribution < -0.4 is 0 Å².